The van der Waals surface area contributed by atoms with Crippen molar-refractivity contribution >= 4 is 28.5 Å². The third-order valence-corrected chi connectivity index (χ3v) is 4.97. The van der Waals surface area contributed by atoms with Crippen molar-refractivity contribution in [2.24, 2.45) is 11.8 Å². The van der Waals surface area contributed by atoms with Crippen LogP contribution in [0.5, 0.6) is 5.75 Å². The number of hydrogen-bond donors (Lipinski definition) is 2. The number of carbonyl (C=O) groups is 2. The Bertz CT molecular complexity index is 835. The Labute approximate surface area is 159 Å². The summed E-state index contributed by atoms with van der Waals surface area (Å²) in [6, 6.07) is 5.44. The zero-order valence-corrected chi connectivity index (χ0v) is 16.3. The molecule has 2 N–H and O–H groups in total. The number of nitrogens with one attached hydrogen (secondary N) is 2. The van der Waals surface area contributed by atoms with E-state index in [0.29, 0.717) is 34.2 Å². The van der Waals surface area contributed by atoms with E-state index in [2.05, 4.69) is 29.0 Å². The molecule has 1 aromatic carbocycles. The topological polar surface area (TPSA) is 83.7 Å². The lowest BCUT2D eigenvalue weighted by Crippen LogP contribution is -2.42. The van der Waals surface area contributed by atoms with Crippen molar-refractivity contribution in [1.29, 1.82) is 0 Å². The SMILES string of the molecule is COC(=O)c1[nH]c2cccc(OC)c2c1NC(=O)CN1C[C@H](C)C[C@@H](C)C1. The van der Waals surface area contributed by atoms with Gasteiger partial charge in [0.1, 0.15) is 11.4 Å². The highest BCUT2D eigenvalue weighted by atomic mass is 16.5. The number of aromatic nitrogens is 1. The quantitative estimate of drug-likeness (QED) is 0.788. The highest BCUT2D eigenvalue weighted by Crippen LogP contribution is 2.35. The van der Waals surface area contributed by atoms with Crippen LogP contribution in [-0.4, -0.2) is 55.6 Å². The van der Waals surface area contributed by atoms with E-state index in [-0.39, 0.29) is 18.1 Å². The minimum absolute atomic E-state index is 0.159. The van der Waals surface area contributed by atoms with Gasteiger partial charge < -0.3 is 19.8 Å². The highest BCUT2D eigenvalue weighted by molar-refractivity contribution is 6.13. The lowest BCUT2D eigenvalue weighted by molar-refractivity contribution is -0.117. The van der Waals surface area contributed by atoms with Gasteiger partial charge in [-0.1, -0.05) is 19.9 Å². The summed E-state index contributed by atoms with van der Waals surface area (Å²) < 4.78 is 10.3. The fraction of sp³-hybridized carbons (Fsp3) is 0.500. The number of amides is 1. The number of likely N-dealkylation sites (tertiary alicyclic amines) is 1. The number of benzene rings is 1. The van der Waals surface area contributed by atoms with Gasteiger partial charge in [-0.3, -0.25) is 9.69 Å². The van der Waals surface area contributed by atoms with Gasteiger partial charge in [0.25, 0.3) is 0 Å². The van der Waals surface area contributed by atoms with Gasteiger partial charge in [-0.15, -0.1) is 0 Å². The minimum Gasteiger partial charge on any atom is -0.496 e. The van der Waals surface area contributed by atoms with Gasteiger partial charge in [-0.05, 0) is 30.4 Å². The fourth-order valence-corrected chi connectivity index (χ4v) is 4.07. The van der Waals surface area contributed by atoms with E-state index in [1.165, 1.54) is 13.5 Å². The van der Waals surface area contributed by atoms with E-state index in [9.17, 15) is 9.59 Å². The Morgan fingerprint density at radius 3 is 2.56 bits per heavy atom. The van der Waals surface area contributed by atoms with Gasteiger partial charge in [0, 0.05) is 13.1 Å². The molecule has 7 heteroatoms. The van der Waals surface area contributed by atoms with Crippen molar-refractivity contribution < 1.29 is 19.1 Å². The predicted molar refractivity (Wildman–Crippen MR) is 104 cm³/mol. The summed E-state index contributed by atoms with van der Waals surface area (Å²) in [6.07, 6.45) is 1.18. The van der Waals surface area contributed by atoms with Gasteiger partial charge in [-0.2, -0.15) is 0 Å². The molecule has 1 amide bonds. The van der Waals surface area contributed by atoms with Gasteiger partial charge >= 0.3 is 5.97 Å². The summed E-state index contributed by atoms with van der Waals surface area (Å²) >= 11 is 0. The van der Waals surface area contributed by atoms with Crippen LogP contribution in [0.25, 0.3) is 10.9 Å². The van der Waals surface area contributed by atoms with Crippen LogP contribution in [0, 0.1) is 11.8 Å². The molecular formula is C20H27N3O4. The van der Waals surface area contributed by atoms with E-state index in [0.717, 1.165) is 13.1 Å². The van der Waals surface area contributed by atoms with Crippen LogP contribution < -0.4 is 10.1 Å². The van der Waals surface area contributed by atoms with Gasteiger partial charge in [0.2, 0.25) is 5.91 Å². The third kappa shape index (κ3) is 4.08. The van der Waals surface area contributed by atoms with E-state index in [4.69, 9.17) is 9.47 Å². The summed E-state index contributed by atoms with van der Waals surface area (Å²) in [4.78, 5) is 30.1. The number of H-pyrrole nitrogens is 1. The fourth-order valence-electron chi connectivity index (χ4n) is 4.07. The Hall–Kier alpha value is -2.54. The number of methoxy groups -OCH3 is 2. The second kappa shape index (κ2) is 8.00. The summed E-state index contributed by atoms with van der Waals surface area (Å²) in [6.45, 7) is 6.51. The van der Waals surface area contributed by atoms with Crippen LogP contribution in [0.3, 0.4) is 0 Å². The monoisotopic (exact) mass is 373 g/mol. The molecule has 0 unspecified atom stereocenters. The molecular weight excluding hydrogens is 346 g/mol. The molecule has 2 heterocycles. The Kier molecular flexibility index (Phi) is 5.70. The molecule has 1 fully saturated rings. The zero-order valence-electron chi connectivity index (χ0n) is 16.3. The highest BCUT2D eigenvalue weighted by Gasteiger charge is 2.26. The van der Waals surface area contributed by atoms with Crippen LogP contribution in [0.1, 0.15) is 30.8 Å². The van der Waals surface area contributed by atoms with E-state index < -0.39 is 5.97 Å². The van der Waals surface area contributed by atoms with Crippen molar-refractivity contribution in [1.82, 2.24) is 9.88 Å². The second-order valence-corrected chi connectivity index (χ2v) is 7.44. The predicted octanol–water partition coefficient (Wildman–Crippen LogP) is 2.88. The maximum Gasteiger partial charge on any atom is 0.356 e. The van der Waals surface area contributed by atoms with Gasteiger partial charge in [-0.25, -0.2) is 4.79 Å². The molecule has 0 saturated carbocycles. The molecule has 0 radical (unpaired) electrons. The van der Waals surface area contributed by atoms with Crippen molar-refractivity contribution in [3.8, 4) is 5.75 Å². The van der Waals surface area contributed by atoms with Crippen molar-refractivity contribution in [2.75, 3.05) is 39.2 Å². The molecule has 3 rings (SSSR count). The number of fused-ring (bicyclic) bond motifs is 1. The first-order chi connectivity index (χ1) is 12.9. The molecule has 1 aliphatic heterocycles. The molecule has 1 aromatic heterocycles. The van der Waals surface area contributed by atoms with E-state index in [1.807, 2.05) is 12.1 Å². The lowest BCUT2D eigenvalue weighted by Gasteiger charge is -2.34. The van der Waals surface area contributed by atoms with Crippen LogP contribution in [0.2, 0.25) is 0 Å². The van der Waals surface area contributed by atoms with Crippen molar-refractivity contribution in [2.45, 2.75) is 20.3 Å². The number of ether oxygens (including phenoxy) is 2. The number of aromatic amines is 1. The number of rotatable bonds is 5. The molecule has 27 heavy (non-hydrogen) atoms. The number of esters is 1. The van der Waals surface area contributed by atoms with Crippen molar-refractivity contribution in [3.63, 3.8) is 0 Å². The van der Waals surface area contributed by atoms with Crippen LogP contribution in [0.4, 0.5) is 5.69 Å². The van der Waals surface area contributed by atoms with E-state index >= 15 is 0 Å². The molecule has 0 aliphatic carbocycles. The summed E-state index contributed by atoms with van der Waals surface area (Å²) in [5.74, 6) is 1.02. The number of carbonyl (C=O) groups excluding carboxylic acids is 2. The zero-order chi connectivity index (χ0) is 19.6. The molecule has 146 valence electrons. The van der Waals surface area contributed by atoms with Crippen molar-refractivity contribution in [3.05, 3.63) is 23.9 Å². The average Bonchev–Trinajstić information content (AvgIpc) is 2.98. The van der Waals surface area contributed by atoms with Crippen LogP contribution in [-0.2, 0) is 9.53 Å². The number of piperidine rings is 1. The molecule has 2 atom stereocenters. The third-order valence-electron chi connectivity index (χ3n) is 4.97. The molecule has 7 nitrogen and oxygen atoms in total. The maximum absolute atomic E-state index is 12.7. The molecule has 1 aliphatic rings. The Balaban J connectivity index is 1.88. The van der Waals surface area contributed by atoms with E-state index in [1.54, 1.807) is 13.2 Å². The molecule has 1 saturated heterocycles. The minimum atomic E-state index is -0.538. The maximum atomic E-state index is 12.7. The normalized spacial score (nSPS) is 20.4. The number of nitrogens with zero attached hydrogens (tertiary/aromatic N) is 1. The largest absolute Gasteiger partial charge is 0.496 e. The van der Waals surface area contributed by atoms with Crippen LogP contribution in [0.15, 0.2) is 18.2 Å². The average molecular weight is 373 g/mol. The Morgan fingerprint density at radius 1 is 1.22 bits per heavy atom. The number of hydrogen-bond acceptors (Lipinski definition) is 5. The second-order valence-electron chi connectivity index (χ2n) is 7.44. The summed E-state index contributed by atoms with van der Waals surface area (Å²) in [5.41, 5.74) is 1.31. The Morgan fingerprint density at radius 2 is 1.93 bits per heavy atom. The lowest BCUT2D eigenvalue weighted by atomic mass is 9.92. The number of anilines is 1. The molecule has 0 bridgehead atoms. The first-order valence-corrected chi connectivity index (χ1v) is 9.22. The van der Waals surface area contributed by atoms with Gasteiger partial charge in [0.15, 0.2) is 0 Å². The standard InChI is InChI=1S/C20H27N3O4/c1-12-8-13(2)10-23(9-12)11-16(24)22-18-17-14(6-5-7-15(17)26-3)21-19(18)20(25)27-4/h5-7,12-13,21H,8-11H2,1-4H3,(H,22,24)/t12-,13-/m1/s1. The molecule has 0 spiro atoms. The smallest absolute Gasteiger partial charge is 0.356 e. The molecule has 2 aromatic rings. The first kappa shape index (κ1) is 19.2. The summed E-state index contributed by atoms with van der Waals surface area (Å²) in [5, 5.41) is 3.57. The summed E-state index contributed by atoms with van der Waals surface area (Å²) in [7, 11) is 2.87. The van der Waals surface area contributed by atoms with Gasteiger partial charge in [0.05, 0.1) is 37.4 Å². The first-order valence-electron chi connectivity index (χ1n) is 9.22. The van der Waals surface area contributed by atoms with Crippen LogP contribution >= 0.6 is 0 Å².